The molecule has 35 heavy (non-hydrogen) atoms. The highest BCUT2D eigenvalue weighted by atomic mass is 16.2. The van der Waals surface area contributed by atoms with Gasteiger partial charge in [-0.1, -0.05) is 36.4 Å². The fraction of sp³-hybridized carbons (Fsp3) is 0.464. The molecule has 1 aromatic heterocycles. The molecular weight excluding hydrogens is 438 g/mol. The standard InChI is InChI=1S/C28H31N5O2/c34-26-22-7-3-4-8-23(22)31-25-21-6-2-1-5-20(21)24(32-33(25)26)29-9-10-30-27(35)28-14-17-11-18(15-28)13-19(12-17)16-28/h1-8,17-19,24,29,32H,9-16H2,(H,30,35). The zero-order chi connectivity index (χ0) is 23.6. The highest BCUT2D eigenvalue weighted by Crippen LogP contribution is 2.60. The molecule has 5 aliphatic rings. The van der Waals surface area contributed by atoms with Crippen molar-refractivity contribution < 1.29 is 4.79 Å². The van der Waals surface area contributed by atoms with Crippen LogP contribution in [0.1, 0.15) is 50.3 Å². The second kappa shape index (κ2) is 7.92. The monoisotopic (exact) mass is 469 g/mol. The summed E-state index contributed by atoms with van der Waals surface area (Å²) in [4.78, 5) is 31.3. The van der Waals surface area contributed by atoms with E-state index < -0.39 is 0 Å². The first-order chi connectivity index (χ1) is 17.1. The summed E-state index contributed by atoms with van der Waals surface area (Å²) in [6.07, 6.45) is 7.00. The Kier molecular flexibility index (Phi) is 4.78. The van der Waals surface area contributed by atoms with Crippen LogP contribution in [-0.2, 0) is 4.79 Å². The lowest BCUT2D eigenvalue weighted by molar-refractivity contribution is -0.146. The first kappa shape index (κ1) is 21.1. The molecule has 0 spiro atoms. The first-order valence-electron chi connectivity index (χ1n) is 13.0. The van der Waals surface area contributed by atoms with E-state index in [9.17, 15) is 9.59 Å². The third-order valence-electron chi connectivity index (χ3n) is 8.83. The molecule has 4 saturated carbocycles. The van der Waals surface area contributed by atoms with Crippen molar-refractivity contribution in [1.29, 1.82) is 0 Å². The van der Waals surface area contributed by atoms with E-state index in [2.05, 4.69) is 22.1 Å². The molecule has 4 fully saturated rings. The number of benzene rings is 2. The minimum Gasteiger partial charge on any atom is -0.354 e. The minimum atomic E-state index is -0.254. The minimum absolute atomic E-state index is 0.109. The summed E-state index contributed by atoms with van der Waals surface area (Å²) in [5.41, 5.74) is 5.77. The third-order valence-corrected chi connectivity index (χ3v) is 8.83. The number of nitrogens with one attached hydrogen (secondary N) is 3. The smallest absolute Gasteiger partial charge is 0.280 e. The van der Waals surface area contributed by atoms with E-state index in [0.717, 1.165) is 48.1 Å². The van der Waals surface area contributed by atoms with Gasteiger partial charge >= 0.3 is 0 Å². The summed E-state index contributed by atoms with van der Waals surface area (Å²) < 4.78 is 1.55. The Morgan fingerprint density at radius 1 is 0.971 bits per heavy atom. The molecule has 1 aliphatic heterocycles. The van der Waals surface area contributed by atoms with Crippen LogP contribution < -0.4 is 21.6 Å². The molecule has 4 bridgehead atoms. The molecule has 4 aliphatic carbocycles. The normalized spacial score (nSPS) is 29.9. The number of nitrogens with zero attached hydrogens (tertiary/aromatic N) is 2. The second-order valence-electron chi connectivity index (χ2n) is 11.2. The predicted octanol–water partition coefficient (Wildman–Crippen LogP) is 3.54. The van der Waals surface area contributed by atoms with Gasteiger partial charge in [-0.05, 0) is 68.4 Å². The van der Waals surface area contributed by atoms with Crippen LogP contribution in [0.3, 0.4) is 0 Å². The Balaban J connectivity index is 1.07. The summed E-state index contributed by atoms with van der Waals surface area (Å²) in [6, 6.07) is 15.5. The van der Waals surface area contributed by atoms with Gasteiger partial charge in [0.25, 0.3) is 5.56 Å². The molecule has 2 heterocycles. The number of carbonyl (C=O) groups is 1. The SMILES string of the molecule is O=C(NCCNC1Nn2c(nc3ccccc3c2=O)-c2ccccc21)C12CC3CC(CC(C3)C1)C2. The van der Waals surface area contributed by atoms with Crippen molar-refractivity contribution in [2.75, 3.05) is 18.5 Å². The summed E-state index contributed by atoms with van der Waals surface area (Å²) >= 11 is 0. The van der Waals surface area contributed by atoms with Gasteiger partial charge in [-0.2, -0.15) is 0 Å². The predicted molar refractivity (Wildman–Crippen MR) is 135 cm³/mol. The number of hydrogen-bond acceptors (Lipinski definition) is 5. The van der Waals surface area contributed by atoms with E-state index in [4.69, 9.17) is 4.98 Å². The van der Waals surface area contributed by atoms with Gasteiger partial charge < -0.3 is 5.32 Å². The van der Waals surface area contributed by atoms with Crippen LogP contribution in [0, 0.1) is 23.2 Å². The molecular formula is C28H31N5O2. The molecule has 0 saturated heterocycles. The Bertz CT molecular complexity index is 1340. The lowest BCUT2D eigenvalue weighted by atomic mass is 9.49. The van der Waals surface area contributed by atoms with Crippen LogP contribution >= 0.6 is 0 Å². The maximum absolute atomic E-state index is 13.3. The average molecular weight is 470 g/mol. The van der Waals surface area contributed by atoms with Crippen molar-refractivity contribution in [3.63, 3.8) is 0 Å². The van der Waals surface area contributed by atoms with E-state index in [1.165, 1.54) is 19.3 Å². The number of aromatic nitrogens is 2. The highest BCUT2D eigenvalue weighted by Gasteiger charge is 2.54. The molecule has 8 rings (SSSR count). The molecule has 2 aromatic carbocycles. The van der Waals surface area contributed by atoms with Crippen molar-refractivity contribution in [3.8, 4) is 11.4 Å². The number of fused-ring (bicyclic) bond motifs is 4. The van der Waals surface area contributed by atoms with Gasteiger partial charge in [0.2, 0.25) is 5.91 Å². The fourth-order valence-corrected chi connectivity index (χ4v) is 7.71. The molecule has 3 aromatic rings. The highest BCUT2D eigenvalue weighted by molar-refractivity contribution is 5.83. The number of amides is 1. The van der Waals surface area contributed by atoms with Crippen LogP contribution in [0.2, 0.25) is 0 Å². The molecule has 7 heteroatoms. The van der Waals surface area contributed by atoms with Crippen molar-refractivity contribution in [3.05, 3.63) is 64.4 Å². The molecule has 180 valence electrons. The Morgan fingerprint density at radius 3 is 2.43 bits per heavy atom. The van der Waals surface area contributed by atoms with Crippen molar-refractivity contribution in [2.24, 2.45) is 23.2 Å². The molecule has 1 unspecified atom stereocenters. The Morgan fingerprint density at radius 2 is 1.66 bits per heavy atom. The lowest BCUT2D eigenvalue weighted by Gasteiger charge is -2.55. The van der Waals surface area contributed by atoms with Gasteiger partial charge in [0, 0.05) is 29.6 Å². The van der Waals surface area contributed by atoms with E-state index in [1.54, 1.807) is 4.68 Å². The van der Waals surface area contributed by atoms with Crippen LogP contribution in [0.25, 0.3) is 22.3 Å². The molecule has 1 amide bonds. The van der Waals surface area contributed by atoms with Crippen LogP contribution in [-0.4, -0.2) is 28.7 Å². The van der Waals surface area contributed by atoms with Gasteiger partial charge in [0.1, 0.15) is 6.17 Å². The van der Waals surface area contributed by atoms with Crippen molar-refractivity contribution in [1.82, 2.24) is 20.3 Å². The number of rotatable bonds is 5. The topological polar surface area (TPSA) is 88.1 Å². The first-order valence-corrected chi connectivity index (χ1v) is 13.0. The zero-order valence-corrected chi connectivity index (χ0v) is 19.8. The van der Waals surface area contributed by atoms with E-state index in [1.807, 2.05) is 42.5 Å². The van der Waals surface area contributed by atoms with Gasteiger partial charge in [-0.3, -0.25) is 20.3 Å². The summed E-state index contributed by atoms with van der Waals surface area (Å²) in [5.74, 6) is 3.16. The molecule has 7 nitrogen and oxygen atoms in total. The molecule has 1 atom stereocenters. The van der Waals surface area contributed by atoms with Gasteiger partial charge in [-0.25, -0.2) is 9.66 Å². The lowest BCUT2D eigenvalue weighted by Crippen LogP contribution is -2.54. The maximum Gasteiger partial charge on any atom is 0.280 e. The van der Waals surface area contributed by atoms with E-state index in [0.29, 0.717) is 29.8 Å². The van der Waals surface area contributed by atoms with Crippen LogP contribution in [0.5, 0.6) is 0 Å². The Hall–Kier alpha value is -3.19. The van der Waals surface area contributed by atoms with Crippen LogP contribution in [0.4, 0.5) is 0 Å². The van der Waals surface area contributed by atoms with Gasteiger partial charge in [0.15, 0.2) is 5.82 Å². The zero-order valence-electron chi connectivity index (χ0n) is 19.8. The van der Waals surface area contributed by atoms with Crippen LogP contribution in [0.15, 0.2) is 53.3 Å². The second-order valence-corrected chi connectivity index (χ2v) is 11.2. The molecule has 0 radical (unpaired) electrons. The Labute approximate surface area is 204 Å². The van der Waals surface area contributed by atoms with Gasteiger partial charge in [0.05, 0.1) is 10.9 Å². The summed E-state index contributed by atoms with van der Waals surface area (Å²) in [7, 11) is 0. The summed E-state index contributed by atoms with van der Waals surface area (Å²) in [5, 5.41) is 7.35. The van der Waals surface area contributed by atoms with E-state index >= 15 is 0 Å². The van der Waals surface area contributed by atoms with Crippen molar-refractivity contribution >= 4 is 16.8 Å². The largest absolute Gasteiger partial charge is 0.354 e. The summed E-state index contributed by atoms with van der Waals surface area (Å²) in [6.45, 7) is 1.17. The fourth-order valence-electron chi connectivity index (χ4n) is 7.71. The quantitative estimate of drug-likeness (QED) is 0.498. The van der Waals surface area contributed by atoms with Gasteiger partial charge in [-0.15, -0.1) is 0 Å². The number of para-hydroxylation sites is 1. The maximum atomic E-state index is 13.3. The third kappa shape index (κ3) is 3.39. The van der Waals surface area contributed by atoms with E-state index in [-0.39, 0.29) is 23.0 Å². The number of hydrogen-bond donors (Lipinski definition) is 3. The number of carbonyl (C=O) groups excluding carboxylic acids is 1. The average Bonchev–Trinajstić information content (AvgIpc) is 2.86. The molecule has 3 N–H and O–H groups in total. The van der Waals surface area contributed by atoms with Crippen molar-refractivity contribution in [2.45, 2.75) is 44.7 Å².